The monoisotopic (exact) mass is 164 g/mol. The average molecular weight is 164 g/mol. The van der Waals surface area contributed by atoms with Crippen molar-refractivity contribution >= 4 is 0 Å². The fourth-order valence-corrected chi connectivity index (χ4v) is 2.33. The van der Waals surface area contributed by atoms with Crippen molar-refractivity contribution in [3.63, 3.8) is 0 Å². The van der Waals surface area contributed by atoms with Crippen molar-refractivity contribution in [3.8, 4) is 0 Å². The van der Waals surface area contributed by atoms with Gasteiger partial charge in [0.05, 0.1) is 0 Å². The van der Waals surface area contributed by atoms with E-state index in [4.69, 9.17) is 0 Å². The van der Waals surface area contributed by atoms with Crippen LogP contribution >= 0.6 is 0 Å². The van der Waals surface area contributed by atoms with Crippen LogP contribution in [0.1, 0.15) is 41.5 Å². The van der Waals surface area contributed by atoms with Gasteiger partial charge in [0, 0.05) is 0 Å². The van der Waals surface area contributed by atoms with Gasteiger partial charge in [0.1, 0.15) is 0 Å². The molecule has 1 unspecified atom stereocenters. The first kappa shape index (κ1) is 9.57. The summed E-state index contributed by atoms with van der Waals surface area (Å²) < 4.78 is 0. The quantitative estimate of drug-likeness (QED) is 0.550. The SMILES string of the molecule is CC1=C(C)C(C)C(C(C)C)=C1C. The van der Waals surface area contributed by atoms with E-state index in [1.165, 1.54) is 11.1 Å². The highest BCUT2D eigenvalue weighted by molar-refractivity contribution is 5.47. The third kappa shape index (κ3) is 1.24. The summed E-state index contributed by atoms with van der Waals surface area (Å²) in [6.45, 7) is 13.7. The highest BCUT2D eigenvalue weighted by Gasteiger charge is 2.24. The first-order chi connectivity index (χ1) is 5.46. The molecular formula is C12H20. The predicted octanol–water partition coefficient (Wildman–Crippen LogP) is 3.95. The van der Waals surface area contributed by atoms with Gasteiger partial charge in [0.25, 0.3) is 0 Å². The summed E-state index contributed by atoms with van der Waals surface area (Å²) in [6.07, 6.45) is 0. The van der Waals surface area contributed by atoms with E-state index >= 15 is 0 Å². The number of hydrogen-bond acceptors (Lipinski definition) is 0. The molecular weight excluding hydrogens is 144 g/mol. The molecule has 0 bridgehead atoms. The van der Waals surface area contributed by atoms with Crippen molar-refractivity contribution in [3.05, 3.63) is 22.3 Å². The minimum Gasteiger partial charge on any atom is -0.0632 e. The molecule has 0 N–H and O–H groups in total. The fraction of sp³-hybridized carbons (Fsp3) is 0.667. The molecule has 0 amide bonds. The average Bonchev–Trinajstić information content (AvgIpc) is 2.16. The minimum absolute atomic E-state index is 0.685. The third-order valence-electron chi connectivity index (χ3n) is 3.33. The molecule has 1 atom stereocenters. The van der Waals surface area contributed by atoms with Gasteiger partial charge in [-0.25, -0.2) is 0 Å². The van der Waals surface area contributed by atoms with Crippen molar-refractivity contribution in [2.24, 2.45) is 11.8 Å². The van der Waals surface area contributed by atoms with Crippen LogP contribution in [0.3, 0.4) is 0 Å². The van der Waals surface area contributed by atoms with Crippen LogP contribution in [0.25, 0.3) is 0 Å². The second kappa shape index (κ2) is 3.08. The number of hydrogen-bond donors (Lipinski definition) is 0. The standard InChI is InChI=1S/C12H20/c1-7(2)12-10(5)8(3)9(4)11(12)6/h7,10H,1-6H3. The summed E-state index contributed by atoms with van der Waals surface area (Å²) in [6, 6.07) is 0. The van der Waals surface area contributed by atoms with Gasteiger partial charge in [-0.15, -0.1) is 0 Å². The summed E-state index contributed by atoms with van der Waals surface area (Å²) >= 11 is 0. The maximum Gasteiger partial charge on any atom is -0.000999 e. The molecule has 1 aliphatic rings. The van der Waals surface area contributed by atoms with E-state index in [1.54, 1.807) is 11.1 Å². The topological polar surface area (TPSA) is 0 Å². The zero-order valence-electron chi connectivity index (χ0n) is 9.15. The van der Waals surface area contributed by atoms with Crippen LogP contribution in [0.5, 0.6) is 0 Å². The van der Waals surface area contributed by atoms with E-state index in [-0.39, 0.29) is 0 Å². The summed E-state index contributed by atoms with van der Waals surface area (Å²) in [4.78, 5) is 0. The smallest absolute Gasteiger partial charge is 0.000999 e. The lowest BCUT2D eigenvalue weighted by atomic mass is 9.89. The van der Waals surface area contributed by atoms with Gasteiger partial charge in [0.2, 0.25) is 0 Å². The van der Waals surface area contributed by atoms with Crippen molar-refractivity contribution < 1.29 is 0 Å². The Hall–Kier alpha value is -0.520. The molecule has 0 aromatic heterocycles. The van der Waals surface area contributed by atoms with Crippen LogP contribution in [-0.2, 0) is 0 Å². The number of allylic oxidation sites excluding steroid dienone is 4. The molecule has 0 aliphatic heterocycles. The Morgan fingerprint density at radius 1 is 1.00 bits per heavy atom. The van der Waals surface area contributed by atoms with Crippen molar-refractivity contribution in [2.75, 3.05) is 0 Å². The third-order valence-corrected chi connectivity index (χ3v) is 3.33. The maximum absolute atomic E-state index is 2.32. The normalized spacial score (nSPS) is 24.8. The molecule has 0 heterocycles. The van der Waals surface area contributed by atoms with E-state index in [2.05, 4.69) is 41.5 Å². The lowest BCUT2D eigenvalue weighted by molar-refractivity contribution is 0.650. The summed E-state index contributed by atoms with van der Waals surface area (Å²) in [5.41, 5.74) is 6.27. The molecule has 68 valence electrons. The first-order valence-corrected chi connectivity index (χ1v) is 4.85. The zero-order valence-corrected chi connectivity index (χ0v) is 9.15. The van der Waals surface area contributed by atoms with E-state index in [0.29, 0.717) is 11.8 Å². The van der Waals surface area contributed by atoms with Crippen LogP contribution in [0, 0.1) is 11.8 Å². The molecule has 0 radical (unpaired) electrons. The summed E-state index contributed by atoms with van der Waals surface area (Å²) in [5.74, 6) is 1.39. The molecule has 0 nitrogen and oxygen atoms in total. The van der Waals surface area contributed by atoms with Gasteiger partial charge < -0.3 is 0 Å². The lowest BCUT2D eigenvalue weighted by Crippen LogP contribution is -2.03. The molecule has 0 heteroatoms. The Morgan fingerprint density at radius 2 is 1.50 bits per heavy atom. The summed E-state index contributed by atoms with van der Waals surface area (Å²) in [7, 11) is 0. The van der Waals surface area contributed by atoms with Crippen LogP contribution in [0.15, 0.2) is 22.3 Å². The first-order valence-electron chi connectivity index (χ1n) is 4.85. The highest BCUT2D eigenvalue weighted by Crippen LogP contribution is 2.39. The molecule has 0 aromatic rings. The van der Waals surface area contributed by atoms with Gasteiger partial charge in [0.15, 0.2) is 0 Å². The van der Waals surface area contributed by atoms with Gasteiger partial charge in [-0.1, -0.05) is 31.9 Å². The Balaban J connectivity index is 3.09. The van der Waals surface area contributed by atoms with Gasteiger partial charge in [-0.2, -0.15) is 0 Å². The van der Waals surface area contributed by atoms with E-state index in [1.807, 2.05) is 0 Å². The summed E-state index contributed by atoms with van der Waals surface area (Å²) in [5, 5.41) is 0. The van der Waals surface area contributed by atoms with Crippen LogP contribution in [0.2, 0.25) is 0 Å². The van der Waals surface area contributed by atoms with Crippen molar-refractivity contribution in [2.45, 2.75) is 41.5 Å². The van der Waals surface area contributed by atoms with Gasteiger partial charge in [-0.3, -0.25) is 0 Å². The van der Waals surface area contributed by atoms with Crippen molar-refractivity contribution in [1.82, 2.24) is 0 Å². The highest BCUT2D eigenvalue weighted by atomic mass is 14.3. The fourth-order valence-electron chi connectivity index (χ4n) is 2.33. The Labute approximate surface area is 76.4 Å². The predicted molar refractivity (Wildman–Crippen MR) is 55.1 cm³/mol. The van der Waals surface area contributed by atoms with Gasteiger partial charge in [-0.05, 0) is 43.8 Å². The number of rotatable bonds is 1. The molecule has 0 aromatic carbocycles. The largest absolute Gasteiger partial charge is 0.0632 e. The van der Waals surface area contributed by atoms with Crippen LogP contribution < -0.4 is 0 Å². The molecule has 0 saturated heterocycles. The van der Waals surface area contributed by atoms with E-state index < -0.39 is 0 Å². The van der Waals surface area contributed by atoms with Gasteiger partial charge >= 0.3 is 0 Å². The zero-order chi connectivity index (χ0) is 9.46. The van der Waals surface area contributed by atoms with E-state index in [0.717, 1.165) is 0 Å². The molecule has 12 heavy (non-hydrogen) atoms. The molecule has 0 saturated carbocycles. The second-order valence-corrected chi connectivity index (χ2v) is 4.26. The Bertz CT molecular complexity index is 251. The van der Waals surface area contributed by atoms with Crippen LogP contribution in [-0.4, -0.2) is 0 Å². The van der Waals surface area contributed by atoms with Crippen LogP contribution in [0.4, 0.5) is 0 Å². The molecule has 0 spiro atoms. The molecule has 1 aliphatic carbocycles. The Morgan fingerprint density at radius 3 is 1.67 bits per heavy atom. The molecule has 1 rings (SSSR count). The van der Waals surface area contributed by atoms with E-state index in [9.17, 15) is 0 Å². The maximum atomic E-state index is 2.32. The Kier molecular flexibility index (Phi) is 2.46. The lowest BCUT2D eigenvalue weighted by Gasteiger charge is -2.15. The molecule has 0 fully saturated rings. The minimum atomic E-state index is 0.685. The second-order valence-electron chi connectivity index (χ2n) is 4.26. The van der Waals surface area contributed by atoms with Crippen molar-refractivity contribution in [1.29, 1.82) is 0 Å².